The quantitative estimate of drug-likeness (QED) is 0.819. The molecular weight excluding hydrogens is 347 g/mol. The molecule has 2 aromatic carbocycles. The summed E-state index contributed by atoms with van der Waals surface area (Å²) >= 11 is 0. The molecule has 0 atom stereocenters. The average Bonchev–Trinajstić information content (AvgIpc) is 3.18. The van der Waals surface area contributed by atoms with Gasteiger partial charge in [0.05, 0.1) is 16.7 Å². The monoisotopic (exact) mass is 366 g/mol. The van der Waals surface area contributed by atoms with Gasteiger partial charge in [-0.1, -0.05) is 37.1 Å². The highest BCUT2D eigenvalue weighted by Crippen LogP contribution is 2.42. The van der Waals surface area contributed by atoms with Gasteiger partial charge in [-0.3, -0.25) is 9.59 Å². The number of carbonyl (C=O) groups is 2. The highest BCUT2D eigenvalue weighted by Gasteiger charge is 2.44. The minimum absolute atomic E-state index is 0.323. The molecule has 0 heterocycles. The van der Waals surface area contributed by atoms with E-state index in [1.165, 1.54) is 12.1 Å². The minimum atomic E-state index is -0.910. The lowest BCUT2D eigenvalue weighted by Crippen LogP contribution is -2.36. The number of hydrogen-bond donors (Lipinski definition) is 1. The molecule has 0 bridgehead atoms. The molecule has 5 nitrogen and oxygen atoms in total. The van der Waals surface area contributed by atoms with Gasteiger partial charge in [0, 0.05) is 0 Å². The van der Waals surface area contributed by atoms with Gasteiger partial charge in [-0.15, -0.1) is 0 Å². The molecule has 3 rings (SSSR count). The Morgan fingerprint density at radius 3 is 2.59 bits per heavy atom. The fourth-order valence-electron chi connectivity index (χ4n) is 3.52. The van der Waals surface area contributed by atoms with Crippen LogP contribution in [0.5, 0.6) is 0 Å². The van der Waals surface area contributed by atoms with E-state index in [9.17, 15) is 14.0 Å². The van der Waals surface area contributed by atoms with E-state index in [0.717, 1.165) is 12.8 Å². The Bertz CT molecular complexity index is 898. The number of rotatable bonds is 5. The summed E-state index contributed by atoms with van der Waals surface area (Å²) in [5, 5.41) is 11.6. The van der Waals surface area contributed by atoms with Crippen molar-refractivity contribution in [2.75, 3.05) is 11.9 Å². The molecule has 0 aliphatic heterocycles. The second-order valence-corrected chi connectivity index (χ2v) is 6.58. The Hall–Kier alpha value is -3.20. The van der Waals surface area contributed by atoms with E-state index in [4.69, 9.17) is 10.00 Å². The molecule has 0 unspecified atom stereocenters. The van der Waals surface area contributed by atoms with Gasteiger partial charge in [-0.25, -0.2) is 4.39 Å². The normalized spacial score (nSPS) is 15.0. The van der Waals surface area contributed by atoms with E-state index in [2.05, 4.69) is 5.32 Å². The molecule has 0 radical (unpaired) electrons. The van der Waals surface area contributed by atoms with Crippen molar-refractivity contribution >= 4 is 17.6 Å². The van der Waals surface area contributed by atoms with Crippen molar-refractivity contribution in [2.45, 2.75) is 31.1 Å². The molecular formula is C21H19FN2O3. The lowest BCUT2D eigenvalue weighted by molar-refractivity contribution is -0.153. The molecule has 27 heavy (non-hydrogen) atoms. The van der Waals surface area contributed by atoms with Crippen molar-refractivity contribution in [2.24, 2.45) is 0 Å². The molecule has 2 aromatic rings. The maximum absolute atomic E-state index is 13.6. The van der Waals surface area contributed by atoms with Crippen LogP contribution in [0.15, 0.2) is 48.5 Å². The van der Waals surface area contributed by atoms with E-state index in [0.29, 0.717) is 29.7 Å². The van der Waals surface area contributed by atoms with Gasteiger partial charge in [0.2, 0.25) is 0 Å². The van der Waals surface area contributed by atoms with Gasteiger partial charge in [0.1, 0.15) is 11.9 Å². The maximum Gasteiger partial charge on any atom is 0.317 e. The number of nitriles is 1. The first-order valence-electron chi connectivity index (χ1n) is 8.77. The number of nitrogens with one attached hydrogen (secondary N) is 1. The Morgan fingerprint density at radius 2 is 1.89 bits per heavy atom. The summed E-state index contributed by atoms with van der Waals surface area (Å²) in [6, 6.07) is 14.5. The third-order valence-electron chi connectivity index (χ3n) is 4.88. The van der Waals surface area contributed by atoms with Crippen molar-refractivity contribution in [1.29, 1.82) is 5.26 Å². The summed E-state index contributed by atoms with van der Waals surface area (Å²) in [4.78, 5) is 24.9. The van der Waals surface area contributed by atoms with E-state index < -0.39 is 29.7 Å². The highest BCUT2D eigenvalue weighted by atomic mass is 19.1. The molecule has 138 valence electrons. The highest BCUT2D eigenvalue weighted by molar-refractivity contribution is 5.95. The molecule has 6 heteroatoms. The van der Waals surface area contributed by atoms with Crippen molar-refractivity contribution < 1.29 is 18.7 Å². The van der Waals surface area contributed by atoms with Gasteiger partial charge in [-0.05, 0) is 42.7 Å². The number of anilines is 1. The van der Waals surface area contributed by atoms with Crippen molar-refractivity contribution in [3.8, 4) is 6.07 Å². The first-order valence-corrected chi connectivity index (χ1v) is 8.77. The SMILES string of the molecule is N#Cc1ccccc1NC(=O)COC(=O)C1(c2cccc(F)c2)CCCC1. The first-order chi connectivity index (χ1) is 13.0. The van der Waals surface area contributed by atoms with Crippen LogP contribution in [0.1, 0.15) is 36.8 Å². The Kier molecular flexibility index (Phi) is 5.51. The van der Waals surface area contributed by atoms with Crippen LogP contribution in [0.4, 0.5) is 10.1 Å². The zero-order valence-electron chi connectivity index (χ0n) is 14.7. The number of halogens is 1. The fourth-order valence-corrected chi connectivity index (χ4v) is 3.52. The summed E-state index contributed by atoms with van der Waals surface area (Å²) in [6.45, 7) is -0.463. The summed E-state index contributed by atoms with van der Waals surface area (Å²) in [7, 11) is 0. The van der Waals surface area contributed by atoms with E-state index >= 15 is 0 Å². The number of nitrogens with zero attached hydrogens (tertiary/aromatic N) is 1. The number of carbonyl (C=O) groups excluding carboxylic acids is 2. The summed E-state index contributed by atoms with van der Waals surface area (Å²) in [6.07, 6.45) is 2.81. The lowest BCUT2D eigenvalue weighted by atomic mass is 9.79. The Labute approximate surface area is 156 Å². The first kappa shape index (κ1) is 18.6. The Morgan fingerprint density at radius 1 is 1.15 bits per heavy atom. The molecule has 1 aliphatic rings. The zero-order chi connectivity index (χ0) is 19.3. The van der Waals surface area contributed by atoms with Crippen molar-refractivity contribution in [3.05, 3.63) is 65.5 Å². The largest absolute Gasteiger partial charge is 0.455 e. The topological polar surface area (TPSA) is 79.2 Å². The summed E-state index contributed by atoms with van der Waals surface area (Å²) in [5.74, 6) is -1.45. The minimum Gasteiger partial charge on any atom is -0.455 e. The maximum atomic E-state index is 13.6. The summed E-state index contributed by atoms with van der Waals surface area (Å²) in [5.41, 5.74) is 0.360. The standard InChI is InChI=1S/C21H19FN2O3/c22-17-8-5-7-16(12-17)21(10-3-4-11-21)20(26)27-14-19(25)24-18-9-2-1-6-15(18)13-23/h1-2,5-9,12H,3-4,10-11,14H2,(H,24,25). The van der Waals surface area contributed by atoms with Crippen LogP contribution in [0.25, 0.3) is 0 Å². The second-order valence-electron chi connectivity index (χ2n) is 6.58. The van der Waals surface area contributed by atoms with Crippen molar-refractivity contribution in [1.82, 2.24) is 0 Å². The average molecular weight is 366 g/mol. The van der Waals surface area contributed by atoms with E-state index in [-0.39, 0.29) is 0 Å². The molecule has 1 amide bonds. The van der Waals surface area contributed by atoms with E-state index in [1.807, 2.05) is 6.07 Å². The number of esters is 1. The van der Waals surface area contributed by atoms with Crippen molar-refractivity contribution in [3.63, 3.8) is 0 Å². The smallest absolute Gasteiger partial charge is 0.317 e. The van der Waals surface area contributed by atoms with Gasteiger partial charge in [0.15, 0.2) is 6.61 Å². The predicted molar refractivity (Wildman–Crippen MR) is 97.3 cm³/mol. The molecule has 1 aliphatic carbocycles. The third-order valence-corrected chi connectivity index (χ3v) is 4.88. The van der Waals surface area contributed by atoms with Crippen LogP contribution in [-0.2, 0) is 19.7 Å². The van der Waals surface area contributed by atoms with Crippen LogP contribution < -0.4 is 5.32 Å². The van der Waals surface area contributed by atoms with Gasteiger partial charge in [0.25, 0.3) is 5.91 Å². The number of ether oxygens (including phenoxy) is 1. The molecule has 0 saturated heterocycles. The van der Waals surface area contributed by atoms with Crippen LogP contribution in [0, 0.1) is 17.1 Å². The fraction of sp³-hybridized carbons (Fsp3) is 0.286. The second kappa shape index (κ2) is 8.00. The predicted octanol–water partition coefficient (Wildman–Crippen LogP) is 3.69. The number of para-hydroxylation sites is 1. The Balaban J connectivity index is 1.68. The van der Waals surface area contributed by atoms with Crippen LogP contribution >= 0.6 is 0 Å². The number of hydrogen-bond acceptors (Lipinski definition) is 4. The molecule has 1 saturated carbocycles. The van der Waals surface area contributed by atoms with Gasteiger partial charge < -0.3 is 10.1 Å². The number of amides is 1. The van der Waals surface area contributed by atoms with Gasteiger partial charge in [-0.2, -0.15) is 5.26 Å². The van der Waals surface area contributed by atoms with Gasteiger partial charge >= 0.3 is 5.97 Å². The van der Waals surface area contributed by atoms with Crippen LogP contribution in [0.3, 0.4) is 0 Å². The van der Waals surface area contributed by atoms with Crippen LogP contribution in [0.2, 0.25) is 0 Å². The van der Waals surface area contributed by atoms with E-state index in [1.54, 1.807) is 36.4 Å². The molecule has 0 aromatic heterocycles. The molecule has 1 N–H and O–H groups in total. The number of benzene rings is 2. The molecule has 0 spiro atoms. The van der Waals surface area contributed by atoms with Crippen LogP contribution in [-0.4, -0.2) is 18.5 Å². The zero-order valence-corrected chi connectivity index (χ0v) is 14.7. The summed E-state index contributed by atoms with van der Waals surface area (Å²) < 4.78 is 18.9. The third kappa shape index (κ3) is 3.98. The molecule has 1 fully saturated rings. The lowest BCUT2D eigenvalue weighted by Gasteiger charge is -2.27.